The molecule has 2 N–H and O–H groups in total. The van der Waals surface area contributed by atoms with Crippen LogP contribution in [-0.2, 0) is 11.3 Å². The molecule has 1 aromatic heterocycles. The Morgan fingerprint density at radius 1 is 1.41 bits per heavy atom. The van der Waals surface area contributed by atoms with Crippen molar-refractivity contribution in [3.8, 4) is 0 Å². The monoisotopic (exact) mass is 259 g/mol. The van der Waals surface area contributed by atoms with Crippen LogP contribution >= 0.6 is 11.6 Å². The van der Waals surface area contributed by atoms with Gasteiger partial charge in [0.2, 0.25) is 11.8 Å². The second-order valence-electron chi connectivity index (χ2n) is 3.42. The van der Waals surface area contributed by atoms with Crippen molar-refractivity contribution < 1.29 is 14.0 Å². The lowest BCUT2D eigenvalue weighted by Crippen LogP contribution is -2.39. The van der Waals surface area contributed by atoms with E-state index in [9.17, 15) is 9.59 Å². The predicted octanol–water partition coefficient (Wildman–Crippen LogP) is 1.25. The highest BCUT2D eigenvalue weighted by Crippen LogP contribution is 2.07. The van der Waals surface area contributed by atoms with Crippen LogP contribution < -0.4 is 10.6 Å². The van der Waals surface area contributed by atoms with Gasteiger partial charge in [-0.2, -0.15) is 0 Å². The first kappa shape index (κ1) is 13.5. The van der Waals surface area contributed by atoms with Gasteiger partial charge in [-0.1, -0.05) is 0 Å². The van der Waals surface area contributed by atoms with E-state index in [0.29, 0.717) is 11.7 Å². The highest BCUT2D eigenvalue weighted by Gasteiger charge is 2.09. The molecule has 94 valence electrons. The molecule has 7 heteroatoms. The van der Waals surface area contributed by atoms with Crippen molar-refractivity contribution in [2.45, 2.75) is 26.8 Å². The molecule has 0 aliphatic heterocycles. The average molecular weight is 260 g/mol. The number of aromatic nitrogens is 1. The average Bonchev–Trinajstić information content (AvgIpc) is 2.56. The van der Waals surface area contributed by atoms with Gasteiger partial charge in [0.05, 0.1) is 12.2 Å². The molecule has 1 rings (SSSR count). The van der Waals surface area contributed by atoms with Gasteiger partial charge in [0.1, 0.15) is 5.76 Å². The zero-order valence-corrected chi connectivity index (χ0v) is 10.4. The van der Waals surface area contributed by atoms with Crippen molar-refractivity contribution >= 4 is 23.5 Å². The molecule has 3 amide bonds. The van der Waals surface area contributed by atoms with E-state index in [1.165, 1.54) is 0 Å². The summed E-state index contributed by atoms with van der Waals surface area (Å²) in [5, 5.41) is 4.59. The lowest BCUT2D eigenvalue weighted by molar-refractivity contribution is -0.119. The number of oxazole rings is 1. The molecular formula is C10H14ClN3O3. The van der Waals surface area contributed by atoms with Crippen LogP contribution in [0.3, 0.4) is 0 Å². The van der Waals surface area contributed by atoms with Crippen LogP contribution in [0, 0.1) is 13.8 Å². The molecule has 1 heterocycles. The Hall–Kier alpha value is -1.56. The molecule has 0 aliphatic carbocycles. The van der Waals surface area contributed by atoms with E-state index in [2.05, 4.69) is 15.6 Å². The number of imide groups is 1. The first-order valence-electron chi connectivity index (χ1n) is 5.09. The van der Waals surface area contributed by atoms with Crippen LogP contribution in [0.2, 0.25) is 0 Å². The molecule has 0 unspecified atom stereocenters. The fraction of sp³-hybridized carbons (Fsp3) is 0.500. The number of alkyl halides is 1. The molecule has 0 fully saturated rings. The zero-order chi connectivity index (χ0) is 12.8. The molecule has 1 aromatic rings. The molecule has 0 saturated heterocycles. The Balaban J connectivity index is 2.35. The van der Waals surface area contributed by atoms with E-state index in [-0.39, 0.29) is 18.8 Å². The molecule has 0 saturated carbocycles. The van der Waals surface area contributed by atoms with Gasteiger partial charge in [0.15, 0.2) is 0 Å². The maximum Gasteiger partial charge on any atom is 0.321 e. The van der Waals surface area contributed by atoms with Crippen LogP contribution in [0.5, 0.6) is 0 Å². The number of halogens is 1. The summed E-state index contributed by atoms with van der Waals surface area (Å²) in [5.74, 6) is 0.870. The van der Waals surface area contributed by atoms with E-state index in [0.717, 1.165) is 5.69 Å². The number of carbonyl (C=O) groups excluding carboxylic acids is 2. The molecule has 0 atom stereocenters. The molecule has 0 spiro atoms. The van der Waals surface area contributed by atoms with Crippen molar-refractivity contribution in [2.24, 2.45) is 0 Å². The van der Waals surface area contributed by atoms with Crippen molar-refractivity contribution in [1.29, 1.82) is 0 Å². The van der Waals surface area contributed by atoms with Crippen LogP contribution in [0.15, 0.2) is 4.42 Å². The first-order chi connectivity index (χ1) is 8.02. The molecular weight excluding hydrogens is 246 g/mol. The van der Waals surface area contributed by atoms with Gasteiger partial charge in [-0.05, 0) is 13.8 Å². The number of aryl methyl sites for hydroxylation is 2. The number of rotatable bonds is 4. The zero-order valence-electron chi connectivity index (χ0n) is 9.67. The van der Waals surface area contributed by atoms with Gasteiger partial charge in [-0.15, -0.1) is 11.6 Å². The van der Waals surface area contributed by atoms with Crippen molar-refractivity contribution in [3.63, 3.8) is 0 Å². The number of amides is 3. The van der Waals surface area contributed by atoms with Crippen LogP contribution in [-0.4, -0.2) is 22.8 Å². The Bertz CT molecular complexity index is 397. The van der Waals surface area contributed by atoms with Crippen molar-refractivity contribution in [3.05, 3.63) is 17.3 Å². The highest BCUT2D eigenvalue weighted by atomic mass is 35.5. The molecule has 0 aliphatic rings. The number of carbonyl (C=O) groups is 2. The summed E-state index contributed by atoms with van der Waals surface area (Å²) in [5.41, 5.74) is 0.778. The number of nitrogens with one attached hydrogen (secondary N) is 2. The van der Waals surface area contributed by atoms with Crippen LogP contribution in [0.25, 0.3) is 0 Å². The molecule has 17 heavy (non-hydrogen) atoms. The molecule has 0 radical (unpaired) electrons. The van der Waals surface area contributed by atoms with Gasteiger partial charge in [-0.3, -0.25) is 10.1 Å². The summed E-state index contributed by atoms with van der Waals surface area (Å²) in [7, 11) is 0. The summed E-state index contributed by atoms with van der Waals surface area (Å²) in [6.45, 7) is 3.73. The van der Waals surface area contributed by atoms with E-state index in [1.54, 1.807) is 6.92 Å². The normalized spacial score (nSPS) is 10.1. The molecule has 0 aromatic carbocycles. The Morgan fingerprint density at radius 3 is 2.65 bits per heavy atom. The maximum absolute atomic E-state index is 11.2. The second kappa shape index (κ2) is 6.24. The molecule has 6 nitrogen and oxygen atoms in total. The van der Waals surface area contributed by atoms with Crippen molar-refractivity contribution in [1.82, 2.24) is 15.6 Å². The van der Waals surface area contributed by atoms with E-state index in [1.807, 2.05) is 6.92 Å². The largest absolute Gasteiger partial charge is 0.444 e. The highest BCUT2D eigenvalue weighted by molar-refractivity contribution is 6.19. The topological polar surface area (TPSA) is 84.2 Å². The standard InChI is InChI=1S/C10H14ClN3O3/c1-6-7(2)17-9(13-6)5-12-10(16)14-8(15)3-4-11/h3-5H2,1-2H3,(H2,12,14,15,16). The summed E-state index contributed by atoms with van der Waals surface area (Å²) in [6, 6.07) is -0.589. The number of hydrogen-bond donors (Lipinski definition) is 2. The second-order valence-corrected chi connectivity index (χ2v) is 3.80. The van der Waals surface area contributed by atoms with Crippen LogP contribution in [0.1, 0.15) is 23.8 Å². The minimum absolute atomic E-state index is 0.103. The fourth-order valence-corrected chi connectivity index (χ4v) is 1.26. The number of hydrogen-bond acceptors (Lipinski definition) is 4. The minimum atomic E-state index is -0.589. The van der Waals surface area contributed by atoms with Gasteiger partial charge in [-0.25, -0.2) is 9.78 Å². The van der Waals surface area contributed by atoms with Crippen LogP contribution in [0.4, 0.5) is 4.79 Å². The molecule has 0 bridgehead atoms. The Morgan fingerprint density at radius 2 is 2.12 bits per heavy atom. The lowest BCUT2D eigenvalue weighted by Gasteiger charge is -2.03. The smallest absolute Gasteiger partial charge is 0.321 e. The maximum atomic E-state index is 11.2. The van der Waals surface area contributed by atoms with E-state index >= 15 is 0 Å². The Labute approximate surface area is 104 Å². The number of urea groups is 1. The third-order valence-corrected chi connectivity index (χ3v) is 2.24. The van der Waals surface area contributed by atoms with Crippen molar-refractivity contribution in [2.75, 3.05) is 5.88 Å². The third kappa shape index (κ3) is 4.44. The quantitative estimate of drug-likeness (QED) is 0.797. The van der Waals surface area contributed by atoms with Gasteiger partial charge >= 0.3 is 6.03 Å². The van der Waals surface area contributed by atoms with E-state index in [4.69, 9.17) is 16.0 Å². The van der Waals surface area contributed by atoms with Gasteiger partial charge in [0.25, 0.3) is 0 Å². The van der Waals surface area contributed by atoms with Gasteiger partial charge < -0.3 is 9.73 Å². The summed E-state index contributed by atoms with van der Waals surface area (Å²) < 4.78 is 5.26. The fourth-order valence-electron chi connectivity index (χ4n) is 1.09. The Kier molecular flexibility index (Phi) is 4.96. The summed E-state index contributed by atoms with van der Waals surface area (Å²) >= 11 is 5.36. The lowest BCUT2D eigenvalue weighted by atomic mass is 10.4. The minimum Gasteiger partial charge on any atom is -0.444 e. The van der Waals surface area contributed by atoms with Gasteiger partial charge in [0, 0.05) is 12.3 Å². The van der Waals surface area contributed by atoms with E-state index < -0.39 is 11.9 Å². The summed E-state index contributed by atoms with van der Waals surface area (Å²) in [6.07, 6.45) is 0.103. The third-order valence-electron chi connectivity index (χ3n) is 2.05. The number of nitrogens with zero attached hydrogens (tertiary/aromatic N) is 1. The summed E-state index contributed by atoms with van der Waals surface area (Å²) in [4.78, 5) is 26.3. The SMILES string of the molecule is Cc1nc(CNC(=O)NC(=O)CCCl)oc1C. The predicted molar refractivity (Wildman–Crippen MR) is 61.7 cm³/mol. The first-order valence-corrected chi connectivity index (χ1v) is 5.63.